The number of halogens is 4. The lowest BCUT2D eigenvalue weighted by Gasteiger charge is -2.21. The number of alkyl halides is 3. The van der Waals surface area contributed by atoms with E-state index in [1.54, 1.807) is 0 Å². The molecule has 2 rings (SSSR count). The summed E-state index contributed by atoms with van der Waals surface area (Å²) in [7, 11) is 0. The molecule has 0 radical (unpaired) electrons. The molecule has 1 aromatic rings. The van der Waals surface area contributed by atoms with Crippen molar-refractivity contribution in [2.75, 3.05) is 13.1 Å². The molecule has 0 spiro atoms. The maximum Gasteiger partial charge on any atom is 0.471 e. The minimum Gasteiger partial charge on any atom is -0.334 e. The van der Waals surface area contributed by atoms with Gasteiger partial charge in [0.15, 0.2) is 0 Å². The van der Waals surface area contributed by atoms with Crippen molar-refractivity contribution in [1.82, 2.24) is 14.9 Å². The molecule has 0 aromatic carbocycles. The predicted molar refractivity (Wildman–Crippen MR) is 59.8 cm³/mol. The molecule has 4 nitrogen and oxygen atoms in total. The minimum absolute atomic E-state index is 0.0104. The maximum atomic E-state index is 12.3. The van der Waals surface area contributed by atoms with E-state index in [0.717, 1.165) is 4.90 Å². The summed E-state index contributed by atoms with van der Waals surface area (Å²) >= 11 is 3.16. The molecule has 0 aliphatic carbocycles. The van der Waals surface area contributed by atoms with Crippen LogP contribution >= 0.6 is 15.9 Å². The zero-order valence-electron chi connectivity index (χ0n) is 9.17. The fraction of sp³-hybridized carbons (Fsp3) is 0.500. The predicted octanol–water partition coefficient (Wildman–Crippen LogP) is 1.73. The number of amides is 1. The first-order chi connectivity index (χ1) is 8.38. The van der Waals surface area contributed by atoms with E-state index in [2.05, 4.69) is 25.9 Å². The third-order valence-corrected chi connectivity index (χ3v) is 3.05. The second-order valence-electron chi connectivity index (χ2n) is 3.88. The second-order valence-corrected chi connectivity index (χ2v) is 4.69. The Balaban J connectivity index is 2.15. The van der Waals surface area contributed by atoms with Crippen LogP contribution in [-0.4, -0.2) is 40.0 Å². The summed E-state index contributed by atoms with van der Waals surface area (Å²) in [4.78, 5) is 20.2. The lowest BCUT2D eigenvalue weighted by molar-refractivity contribution is -0.185. The van der Waals surface area contributed by atoms with Gasteiger partial charge in [-0.05, 0) is 15.9 Å². The standard InChI is InChI=1S/C10H9BrF3N3O/c11-8-5-15-6-1-3-17(4-2-7(6)16-8)9(18)10(12,13)14/h5H,1-4H2. The molecule has 0 fully saturated rings. The highest BCUT2D eigenvalue weighted by atomic mass is 79.9. The number of carbonyl (C=O) groups is 1. The normalized spacial score (nSPS) is 16.1. The average molecular weight is 324 g/mol. The molecular weight excluding hydrogens is 315 g/mol. The van der Waals surface area contributed by atoms with E-state index < -0.39 is 12.1 Å². The Bertz CT molecular complexity index is 478. The number of hydrogen-bond donors (Lipinski definition) is 0. The van der Waals surface area contributed by atoms with E-state index in [-0.39, 0.29) is 25.9 Å². The van der Waals surface area contributed by atoms with Gasteiger partial charge in [0.25, 0.3) is 0 Å². The van der Waals surface area contributed by atoms with Gasteiger partial charge >= 0.3 is 12.1 Å². The molecule has 8 heteroatoms. The molecule has 2 heterocycles. The molecule has 1 aliphatic heterocycles. The molecular formula is C10H9BrF3N3O. The molecule has 0 bridgehead atoms. The van der Waals surface area contributed by atoms with Gasteiger partial charge < -0.3 is 4.90 Å². The molecule has 0 saturated carbocycles. The Hall–Kier alpha value is -1.18. The smallest absolute Gasteiger partial charge is 0.334 e. The Morgan fingerprint density at radius 3 is 2.50 bits per heavy atom. The third kappa shape index (κ3) is 2.80. The third-order valence-electron chi connectivity index (χ3n) is 2.67. The van der Waals surface area contributed by atoms with Crippen molar-refractivity contribution in [3.8, 4) is 0 Å². The summed E-state index contributed by atoms with van der Waals surface area (Å²) in [6, 6.07) is 0. The highest BCUT2D eigenvalue weighted by Crippen LogP contribution is 2.21. The quantitative estimate of drug-likeness (QED) is 0.730. The van der Waals surface area contributed by atoms with Crippen LogP contribution in [0.1, 0.15) is 11.4 Å². The Labute approximate surface area is 109 Å². The van der Waals surface area contributed by atoms with Crippen molar-refractivity contribution >= 4 is 21.8 Å². The summed E-state index contributed by atoms with van der Waals surface area (Å²) in [6.45, 7) is 0.0259. The van der Waals surface area contributed by atoms with Gasteiger partial charge in [-0.15, -0.1) is 0 Å². The van der Waals surface area contributed by atoms with E-state index in [1.165, 1.54) is 6.20 Å². The highest BCUT2D eigenvalue weighted by molar-refractivity contribution is 9.10. The van der Waals surface area contributed by atoms with Crippen LogP contribution in [0.25, 0.3) is 0 Å². The van der Waals surface area contributed by atoms with Gasteiger partial charge in [-0.3, -0.25) is 9.78 Å². The summed E-state index contributed by atoms with van der Waals surface area (Å²) in [6.07, 6.45) is -2.75. The fourth-order valence-corrected chi connectivity index (χ4v) is 2.13. The van der Waals surface area contributed by atoms with Gasteiger partial charge in [-0.25, -0.2) is 4.98 Å². The van der Waals surface area contributed by atoms with Gasteiger partial charge in [0.1, 0.15) is 4.60 Å². The minimum atomic E-state index is -4.82. The van der Waals surface area contributed by atoms with Crippen molar-refractivity contribution in [1.29, 1.82) is 0 Å². The van der Waals surface area contributed by atoms with Crippen LogP contribution < -0.4 is 0 Å². The van der Waals surface area contributed by atoms with E-state index in [9.17, 15) is 18.0 Å². The van der Waals surface area contributed by atoms with E-state index in [4.69, 9.17) is 0 Å². The number of hydrogen-bond acceptors (Lipinski definition) is 3. The van der Waals surface area contributed by atoms with Crippen LogP contribution in [-0.2, 0) is 17.6 Å². The Kier molecular flexibility index (Phi) is 3.56. The molecule has 98 valence electrons. The lowest BCUT2D eigenvalue weighted by Crippen LogP contribution is -2.42. The number of aromatic nitrogens is 2. The molecule has 0 N–H and O–H groups in total. The summed E-state index contributed by atoms with van der Waals surface area (Å²) in [5.41, 5.74) is 1.29. The first-order valence-corrected chi connectivity index (χ1v) is 6.03. The first-order valence-electron chi connectivity index (χ1n) is 5.24. The van der Waals surface area contributed by atoms with Crippen molar-refractivity contribution < 1.29 is 18.0 Å². The molecule has 18 heavy (non-hydrogen) atoms. The second kappa shape index (κ2) is 4.83. The van der Waals surface area contributed by atoms with E-state index in [0.29, 0.717) is 16.0 Å². The molecule has 0 atom stereocenters. The Morgan fingerprint density at radius 2 is 1.89 bits per heavy atom. The summed E-state index contributed by atoms with van der Waals surface area (Å²) in [5, 5.41) is 0. The van der Waals surface area contributed by atoms with Crippen LogP contribution in [0.5, 0.6) is 0 Å². The van der Waals surface area contributed by atoms with Crippen molar-refractivity contribution in [3.63, 3.8) is 0 Å². The Morgan fingerprint density at radius 1 is 1.28 bits per heavy atom. The molecule has 1 amide bonds. The maximum absolute atomic E-state index is 12.3. The summed E-state index contributed by atoms with van der Waals surface area (Å²) < 4.78 is 37.5. The van der Waals surface area contributed by atoms with E-state index in [1.807, 2.05) is 0 Å². The number of carbonyl (C=O) groups excluding carboxylic acids is 1. The number of fused-ring (bicyclic) bond motifs is 1. The zero-order chi connectivity index (χ0) is 13.3. The van der Waals surface area contributed by atoms with Crippen LogP contribution in [0, 0.1) is 0 Å². The van der Waals surface area contributed by atoms with Crippen LogP contribution in [0.3, 0.4) is 0 Å². The van der Waals surface area contributed by atoms with Gasteiger partial charge in [-0.2, -0.15) is 13.2 Å². The zero-order valence-corrected chi connectivity index (χ0v) is 10.8. The van der Waals surface area contributed by atoms with Crippen molar-refractivity contribution in [2.24, 2.45) is 0 Å². The molecule has 0 saturated heterocycles. The highest BCUT2D eigenvalue weighted by Gasteiger charge is 2.42. The average Bonchev–Trinajstić information content (AvgIpc) is 2.48. The van der Waals surface area contributed by atoms with Gasteiger partial charge in [0, 0.05) is 25.9 Å². The van der Waals surface area contributed by atoms with Gasteiger partial charge in [0.2, 0.25) is 0 Å². The van der Waals surface area contributed by atoms with Gasteiger partial charge in [0.05, 0.1) is 17.6 Å². The lowest BCUT2D eigenvalue weighted by atomic mass is 10.2. The monoisotopic (exact) mass is 323 g/mol. The molecule has 1 aliphatic rings. The first kappa shape index (κ1) is 13.3. The fourth-order valence-electron chi connectivity index (χ4n) is 1.81. The SMILES string of the molecule is O=C(N1CCc2ncc(Br)nc2CC1)C(F)(F)F. The van der Waals surface area contributed by atoms with Crippen molar-refractivity contribution in [2.45, 2.75) is 19.0 Å². The molecule has 1 aromatic heterocycles. The van der Waals surface area contributed by atoms with Crippen LogP contribution in [0.4, 0.5) is 13.2 Å². The molecule has 0 unspecified atom stereocenters. The number of nitrogens with zero attached hydrogens (tertiary/aromatic N) is 3. The van der Waals surface area contributed by atoms with Gasteiger partial charge in [-0.1, -0.05) is 0 Å². The largest absolute Gasteiger partial charge is 0.471 e. The topological polar surface area (TPSA) is 46.1 Å². The number of rotatable bonds is 0. The van der Waals surface area contributed by atoms with Crippen molar-refractivity contribution in [3.05, 3.63) is 22.2 Å². The van der Waals surface area contributed by atoms with E-state index >= 15 is 0 Å². The van der Waals surface area contributed by atoms with Crippen LogP contribution in [0.15, 0.2) is 10.8 Å². The summed E-state index contributed by atoms with van der Waals surface area (Å²) in [5.74, 6) is -1.80. The van der Waals surface area contributed by atoms with Crippen LogP contribution in [0.2, 0.25) is 0 Å².